The highest BCUT2D eigenvalue weighted by Gasteiger charge is 2.02. The Hall–Kier alpha value is -1.90. The van der Waals surface area contributed by atoms with Gasteiger partial charge in [0, 0.05) is 5.56 Å². The molecule has 0 aliphatic rings. The lowest BCUT2D eigenvalue weighted by molar-refractivity contribution is 0.440. The number of hydrogen-bond acceptors (Lipinski definition) is 1. The summed E-state index contributed by atoms with van der Waals surface area (Å²) < 4.78 is 5.07. The van der Waals surface area contributed by atoms with Crippen LogP contribution in [0.5, 0.6) is 0 Å². The van der Waals surface area contributed by atoms with E-state index in [0.29, 0.717) is 5.76 Å². The van der Waals surface area contributed by atoms with Crippen molar-refractivity contribution in [2.45, 2.75) is 0 Å². The Morgan fingerprint density at radius 3 is 2.62 bits per heavy atom. The van der Waals surface area contributed by atoms with E-state index in [1.165, 1.54) is 6.26 Å². The molecule has 0 aliphatic heterocycles. The predicted molar refractivity (Wildman–Crippen MR) is 53.0 cm³/mol. The number of aromatic nitrogens is 2. The van der Waals surface area contributed by atoms with Crippen LogP contribution in [0.3, 0.4) is 0 Å². The number of nitrogens with one attached hydrogen (secondary N) is 2. The lowest BCUT2D eigenvalue weighted by atomic mass is 10.1. The molecule has 0 saturated heterocycles. The highest BCUT2D eigenvalue weighted by molar-refractivity contribution is 5.80. The van der Waals surface area contributed by atoms with Gasteiger partial charge in [-0.1, -0.05) is 13.2 Å². The van der Waals surface area contributed by atoms with E-state index in [9.17, 15) is 0 Å². The van der Waals surface area contributed by atoms with Crippen molar-refractivity contribution >= 4 is 16.8 Å². The van der Waals surface area contributed by atoms with Crippen LogP contribution in [0, 0.1) is 0 Å². The fraction of sp³-hybridized carbons (Fsp3) is 0. The molecule has 0 saturated carbocycles. The number of H-pyrrole nitrogens is 2. The second-order valence-electron chi connectivity index (χ2n) is 2.72. The average Bonchev–Trinajstić information content (AvgIpc) is 2.07. The smallest absolute Gasteiger partial charge is 0.126 e. The summed E-state index contributed by atoms with van der Waals surface area (Å²) in [5.74, 6) is 0.603. The average molecular weight is 174 g/mol. The van der Waals surface area contributed by atoms with E-state index in [0.717, 1.165) is 16.6 Å². The number of benzene rings is 1. The summed E-state index contributed by atoms with van der Waals surface area (Å²) in [6.07, 6.45) is 1.37. The lowest BCUT2D eigenvalue weighted by Gasteiger charge is -2.07. The molecule has 3 heteroatoms. The van der Waals surface area contributed by atoms with Crippen molar-refractivity contribution in [1.29, 1.82) is 0 Å². The van der Waals surface area contributed by atoms with Gasteiger partial charge in [-0.3, -0.25) is 10.2 Å². The Kier molecular flexibility index (Phi) is 1.70. The number of rotatable bonds is 3. The molecule has 0 amide bonds. The molecule has 1 heterocycles. The third-order valence-corrected chi connectivity index (χ3v) is 1.90. The van der Waals surface area contributed by atoms with Gasteiger partial charge < -0.3 is 4.74 Å². The highest BCUT2D eigenvalue weighted by atomic mass is 16.5. The van der Waals surface area contributed by atoms with Crippen molar-refractivity contribution in [2.24, 2.45) is 0 Å². The van der Waals surface area contributed by atoms with Gasteiger partial charge >= 0.3 is 0 Å². The summed E-state index contributed by atoms with van der Waals surface area (Å²) in [7, 11) is 0. The first-order valence-electron chi connectivity index (χ1n) is 3.94. The summed E-state index contributed by atoms with van der Waals surface area (Å²) in [5.41, 5.74) is 3.11. The van der Waals surface area contributed by atoms with Gasteiger partial charge in [-0.15, -0.1) is 0 Å². The molecule has 2 rings (SSSR count). The van der Waals surface area contributed by atoms with Gasteiger partial charge in [0.1, 0.15) is 5.76 Å². The number of fused-ring (bicyclic) bond motifs is 1. The van der Waals surface area contributed by atoms with Crippen LogP contribution in [0.2, 0.25) is 0 Å². The summed E-state index contributed by atoms with van der Waals surface area (Å²) in [6, 6.07) is 5.88. The summed E-state index contributed by atoms with van der Waals surface area (Å²) >= 11 is 0. The fourth-order valence-electron chi connectivity index (χ4n) is 1.17. The summed E-state index contributed by atoms with van der Waals surface area (Å²) in [6.45, 7) is 7.24. The highest BCUT2D eigenvalue weighted by Crippen LogP contribution is 2.19. The minimum atomic E-state index is 0.603. The van der Waals surface area contributed by atoms with Crippen LogP contribution in [0.1, 0.15) is 5.56 Å². The number of aromatic amines is 2. The molecule has 3 nitrogen and oxygen atoms in total. The predicted octanol–water partition coefficient (Wildman–Crippen LogP) is 2.63. The second kappa shape index (κ2) is 2.86. The quantitative estimate of drug-likeness (QED) is 0.690. The first kappa shape index (κ1) is 7.73. The van der Waals surface area contributed by atoms with Gasteiger partial charge in [0.2, 0.25) is 0 Å². The minimum Gasteiger partial charge on any atom is -0.466 e. The lowest BCUT2D eigenvalue weighted by Crippen LogP contribution is -1.93. The van der Waals surface area contributed by atoms with Crippen molar-refractivity contribution in [1.82, 2.24) is 10.2 Å². The second-order valence-corrected chi connectivity index (χ2v) is 2.72. The molecule has 0 spiro atoms. The van der Waals surface area contributed by atoms with E-state index < -0.39 is 0 Å². The van der Waals surface area contributed by atoms with Gasteiger partial charge in [-0.25, -0.2) is 0 Å². The van der Waals surface area contributed by atoms with Crippen molar-refractivity contribution in [3.05, 3.63) is 43.2 Å². The fourth-order valence-corrected chi connectivity index (χ4v) is 1.17. The van der Waals surface area contributed by atoms with E-state index in [-0.39, 0.29) is 0 Å². The van der Waals surface area contributed by atoms with Crippen molar-refractivity contribution in [3.8, 4) is 0 Å². The molecule has 66 valence electrons. The Morgan fingerprint density at radius 1 is 1.31 bits per heavy atom. The van der Waals surface area contributed by atoms with Gasteiger partial charge in [0.15, 0.2) is 0 Å². The zero-order valence-corrected chi connectivity index (χ0v) is 7.13. The van der Waals surface area contributed by atoms with Crippen LogP contribution in [0.15, 0.2) is 37.6 Å². The molecule has 0 bridgehead atoms. The number of hydrogen-bond donors (Lipinski definition) is 2. The van der Waals surface area contributed by atoms with Crippen molar-refractivity contribution in [3.63, 3.8) is 0 Å². The maximum Gasteiger partial charge on any atom is 0.126 e. The maximum absolute atomic E-state index is 5.07. The largest absolute Gasteiger partial charge is 0.466 e. The SMILES string of the molecule is C=COC(=C)c1ccc2[nH][nH]c2c1. The molecule has 1 aromatic carbocycles. The molecule has 1 aromatic heterocycles. The Labute approximate surface area is 75.7 Å². The molecule has 2 aromatic rings. The Morgan fingerprint density at radius 2 is 2.08 bits per heavy atom. The van der Waals surface area contributed by atoms with Crippen LogP contribution >= 0.6 is 0 Å². The van der Waals surface area contributed by atoms with E-state index in [1.54, 1.807) is 0 Å². The first-order valence-corrected chi connectivity index (χ1v) is 3.94. The topological polar surface area (TPSA) is 40.8 Å². The third-order valence-electron chi connectivity index (χ3n) is 1.90. The van der Waals surface area contributed by atoms with Crippen LogP contribution in [-0.2, 0) is 4.74 Å². The summed E-state index contributed by atoms with van der Waals surface area (Å²) in [5, 5.41) is 5.90. The van der Waals surface area contributed by atoms with Crippen molar-refractivity contribution < 1.29 is 4.74 Å². The molecule has 0 aliphatic carbocycles. The normalized spacial score (nSPS) is 10.2. The van der Waals surface area contributed by atoms with Gasteiger partial charge in [0.05, 0.1) is 17.3 Å². The monoisotopic (exact) mass is 174 g/mol. The molecule has 0 radical (unpaired) electrons. The third kappa shape index (κ3) is 1.24. The van der Waals surface area contributed by atoms with Crippen molar-refractivity contribution in [2.75, 3.05) is 0 Å². The maximum atomic E-state index is 5.07. The van der Waals surface area contributed by atoms with Gasteiger partial charge in [-0.2, -0.15) is 0 Å². The zero-order chi connectivity index (χ0) is 9.26. The van der Waals surface area contributed by atoms with Crippen LogP contribution in [0.4, 0.5) is 0 Å². The van der Waals surface area contributed by atoms with Crippen LogP contribution in [0.25, 0.3) is 16.8 Å². The molecular formula is C10H10N2O. The zero-order valence-electron chi connectivity index (χ0n) is 7.13. The Balaban J connectivity index is 2.34. The van der Waals surface area contributed by atoms with Crippen LogP contribution in [-0.4, -0.2) is 10.2 Å². The summed E-state index contributed by atoms with van der Waals surface area (Å²) in [4.78, 5) is 0. The molecule has 2 N–H and O–H groups in total. The molecular weight excluding hydrogens is 164 g/mol. The molecule has 0 fully saturated rings. The number of ether oxygens (including phenoxy) is 1. The minimum absolute atomic E-state index is 0.603. The van der Waals surface area contributed by atoms with E-state index >= 15 is 0 Å². The molecule has 13 heavy (non-hydrogen) atoms. The standard InChI is InChI=1S/C10H10N2O/c1-3-13-7(2)8-4-5-9-10(6-8)12-11-9/h3-6,11-12H,1-2H2. The van der Waals surface area contributed by atoms with Crippen LogP contribution < -0.4 is 0 Å². The van der Waals surface area contributed by atoms with E-state index in [4.69, 9.17) is 4.74 Å². The molecule has 0 unspecified atom stereocenters. The van der Waals surface area contributed by atoms with E-state index in [1.807, 2.05) is 18.2 Å². The van der Waals surface area contributed by atoms with E-state index in [2.05, 4.69) is 23.4 Å². The van der Waals surface area contributed by atoms with Gasteiger partial charge in [-0.05, 0) is 18.2 Å². The molecule has 0 atom stereocenters. The Bertz CT molecular complexity index is 450. The van der Waals surface area contributed by atoms with Gasteiger partial charge in [0.25, 0.3) is 0 Å². The first-order chi connectivity index (χ1) is 6.31.